The quantitative estimate of drug-likeness (QED) is 0.641. The Balaban J connectivity index is 2.11. The fourth-order valence-electron chi connectivity index (χ4n) is 2.72. The zero-order valence-electron chi connectivity index (χ0n) is 7.47. The van der Waals surface area contributed by atoms with Crippen molar-refractivity contribution in [3.05, 3.63) is 0 Å². The average molecular weight is 164 g/mol. The van der Waals surface area contributed by atoms with Crippen LogP contribution in [0.1, 0.15) is 38.5 Å². The van der Waals surface area contributed by atoms with E-state index in [9.17, 15) is 0 Å². The minimum atomic E-state index is -0.128. The van der Waals surface area contributed by atoms with E-state index in [0.29, 0.717) is 5.92 Å². The lowest BCUT2D eigenvalue weighted by Gasteiger charge is -2.27. The second-order valence-electron chi connectivity index (χ2n) is 4.09. The fraction of sp³-hybridized carbons (Fsp3) is 0.900. The molecule has 0 spiro atoms. The number of rotatable bonds is 1. The standard InChI is InChI=1S/C10H16N2/c11-8-10(6-3-7-12-10)9-4-1-2-5-9/h9,12H,1-7H2. The summed E-state index contributed by atoms with van der Waals surface area (Å²) in [5.74, 6) is 0.644. The van der Waals surface area contributed by atoms with Gasteiger partial charge in [-0.15, -0.1) is 0 Å². The summed E-state index contributed by atoms with van der Waals surface area (Å²) >= 11 is 0. The molecule has 1 heterocycles. The molecule has 0 aromatic rings. The van der Waals surface area contributed by atoms with Gasteiger partial charge in [0, 0.05) is 0 Å². The largest absolute Gasteiger partial charge is 0.299 e. The van der Waals surface area contributed by atoms with Crippen molar-refractivity contribution < 1.29 is 0 Å². The third-order valence-electron chi connectivity index (χ3n) is 3.44. The van der Waals surface area contributed by atoms with Gasteiger partial charge in [0.05, 0.1) is 6.07 Å². The molecule has 12 heavy (non-hydrogen) atoms. The molecule has 1 aliphatic carbocycles. The van der Waals surface area contributed by atoms with Gasteiger partial charge >= 0.3 is 0 Å². The Morgan fingerprint density at radius 1 is 1.25 bits per heavy atom. The monoisotopic (exact) mass is 164 g/mol. The predicted molar refractivity (Wildman–Crippen MR) is 47.5 cm³/mol. The van der Waals surface area contributed by atoms with Crippen LogP contribution in [0, 0.1) is 17.2 Å². The van der Waals surface area contributed by atoms with E-state index < -0.39 is 0 Å². The Kier molecular flexibility index (Phi) is 2.06. The minimum Gasteiger partial charge on any atom is -0.299 e. The van der Waals surface area contributed by atoms with Crippen molar-refractivity contribution in [2.45, 2.75) is 44.1 Å². The minimum absolute atomic E-state index is 0.128. The van der Waals surface area contributed by atoms with E-state index in [-0.39, 0.29) is 5.54 Å². The Bertz CT molecular complexity index is 192. The highest BCUT2D eigenvalue weighted by atomic mass is 15.0. The number of nitriles is 1. The van der Waals surface area contributed by atoms with E-state index >= 15 is 0 Å². The molecule has 0 amide bonds. The molecular formula is C10H16N2. The first-order valence-corrected chi connectivity index (χ1v) is 5.04. The molecule has 1 saturated carbocycles. The van der Waals surface area contributed by atoms with Gasteiger partial charge in [0.15, 0.2) is 0 Å². The maximum atomic E-state index is 9.16. The van der Waals surface area contributed by atoms with E-state index in [1.54, 1.807) is 0 Å². The van der Waals surface area contributed by atoms with Crippen LogP contribution in [0.15, 0.2) is 0 Å². The summed E-state index contributed by atoms with van der Waals surface area (Å²) in [5, 5.41) is 12.6. The van der Waals surface area contributed by atoms with Crippen LogP contribution in [0.2, 0.25) is 0 Å². The molecule has 0 radical (unpaired) electrons. The summed E-state index contributed by atoms with van der Waals surface area (Å²) in [6, 6.07) is 2.51. The molecule has 66 valence electrons. The van der Waals surface area contributed by atoms with E-state index in [4.69, 9.17) is 5.26 Å². The van der Waals surface area contributed by atoms with Crippen LogP contribution in [0.5, 0.6) is 0 Å². The molecule has 2 rings (SSSR count). The average Bonchev–Trinajstić information content (AvgIpc) is 2.76. The molecule has 0 aromatic carbocycles. The van der Waals surface area contributed by atoms with Crippen molar-refractivity contribution >= 4 is 0 Å². The molecule has 1 aliphatic heterocycles. The third-order valence-corrected chi connectivity index (χ3v) is 3.44. The van der Waals surface area contributed by atoms with Crippen molar-refractivity contribution in [1.82, 2.24) is 5.32 Å². The topological polar surface area (TPSA) is 35.8 Å². The van der Waals surface area contributed by atoms with Gasteiger partial charge < -0.3 is 0 Å². The molecule has 2 aliphatic rings. The van der Waals surface area contributed by atoms with Gasteiger partial charge in [0.2, 0.25) is 0 Å². The lowest BCUT2D eigenvalue weighted by atomic mass is 9.83. The Morgan fingerprint density at radius 3 is 2.50 bits per heavy atom. The normalized spacial score (nSPS) is 36.9. The third kappa shape index (κ3) is 1.13. The zero-order chi connectivity index (χ0) is 8.44. The molecule has 1 N–H and O–H groups in total. The molecule has 2 nitrogen and oxygen atoms in total. The molecule has 2 heteroatoms. The van der Waals surface area contributed by atoms with Crippen molar-refractivity contribution in [3.63, 3.8) is 0 Å². The molecule has 1 saturated heterocycles. The Morgan fingerprint density at radius 2 is 2.00 bits per heavy atom. The second kappa shape index (κ2) is 3.06. The van der Waals surface area contributed by atoms with Crippen LogP contribution < -0.4 is 5.32 Å². The van der Waals surface area contributed by atoms with Gasteiger partial charge in [0.25, 0.3) is 0 Å². The lowest BCUT2D eigenvalue weighted by molar-refractivity contribution is 0.314. The first-order valence-electron chi connectivity index (χ1n) is 5.04. The van der Waals surface area contributed by atoms with Crippen LogP contribution in [0.4, 0.5) is 0 Å². The first kappa shape index (κ1) is 8.07. The van der Waals surface area contributed by atoms with Crippen molar-refractivity contribution in [1.29, 1.82) is 5.26 Å². The summed E-state index contributed by atoms with van der Waals surface area (Å²) in [6.07, 6.45) is 7.45. The second-order valence-corrected chi connectivity index (χ2v) is 4.09. The van der Waals surface area contributed by atoms with Gasteiger partial charge in [-0.1, -0.05) is 12.8 Å². The Labute approximate surface area is 74.0 Å². The molecule has 2 fully saturated rings. The van der Waals surface area contributed by atoms with Crippen LogP contribution >= 0.6 is 0 Å². The van der Waals surface area contributed by atoms with Gasteiger partial charge in [-0.3, -0.25) is 5.32 Å². The van der Waals surface area contributed by atoms with Crippen LogP contribution in [-0.4, -0.2) is 12.1 Å². The summed E-state index contributed by atoms with van der Waals surface area (Å²) in [6.45, 7) is 1.05. The van der Waals surface area contributed by atoms with Gasteiger partial charge in [-0.05, 0) is 38.1 Å². The summed E-state index contributed by atoms with van der Waals surface area (Å²) in [4.78, 5) is 0. The lowest BCUT2D eigenvalue weighted by Crippen LogP contribution is -2.44. The summed E-state index contributed by atoms with van der Waals surface area (Å²) < 4.78 is 0. The maximum absolute atomic E-state index is 9.16. The highest BCUT2D eigenvalue weighted by Gasteiger charge is 2.42. The van der Waals surface area contributed by atoms with Gasteiger partial charge in [0.1, 0.15) is 5.54 Å². The van der Waals surface area contributed by atoms with Crippen LogP contribution in [0.25, 0.3) is 0 Å². The van der Waals surface area contributed by atoms with E-state index in [1.807, 2.05) is 0 Å². The van der Waals surface area contributed by atoms with Gasteiger partial charge in [-0.2, -0.15) is 5.26 Å². The summed E-state index contributed by atoms with van der Waals surface area (Å²) in [7, 11) is 0. The highest BCUT2D eigenvalue weighted by Crippen LogP contribution is 2.38. The van der Waals surface area contributed by atoms with Crippen molar-refractivity contribution in [2.75, 3.05) is 6.54 Å². The predicted octanol–water partition coefficient (Wildman–Crippen LogP) is 1.82. The SMILES string of the molecule is N#CC1(C2CCCC2)CCCN1. The number of nitrogens with zero attached hydrogens (tertiary/aromatic N) is 1. The highest BCUT2D eigenvalue weighted by molar-refractivity contribution is 5.14. The number of hydrogen-bond acceptors (Lipinski definition) is 2. The molecular weight excluding hydrogens is 148 g/mol. The van der Waals surface area contributed by atoms with Crippen LogP contribution in [0.3, 0.4) is 0 Å². The molecule has 1 unspecified atom stereocenters. The molecule has 0 aromatic heterocycles. The van der Waals surface area contributed by atoms with Crippen molar-refractivity contribution in [3.8, 4) is 6.07 Å². The number of hydrogen-bond donors (Lipinski definition) is 1. The van der Waals surface area contributed by atoms with Crippen molar-refractivity contribution in [2.24, 2.45) is 5.92 Å². The van der Waals surface area contributed by atoms with Crippen LogP contribution in [-0.2, 0) is 0 Å². The van der Waals surface area contributed by atoms with E-state index in [0.717, 1.165) is 13.0 Å². The maximum Gasteiger partial charge on any atom is 0.109 e. The smallest absolute Gasteiger partial charge is 0.109 e. The van der Waals surface area contributed by atoms with Gasteiger partial charge in [-0.25, -0.2) is 0 Å². The zero-order valence-corrected chi connectivity index (χ0v) is 7.47. The van der Waals surface area contributed by atoms with E-state index in [1.165, 1.54) is 32.1 Å². The molecule has 1 atom stereocenters. The first-order chi connectivity index (χ1) is 5.87. The number of nitrogens with one attached hydrogen (secondary N) is 1. The fourth-order valence-corrected chi connectivity index (χ4v) is 2.72. The molecule has 0 bridgehead atoms. The summed E-state index contributed by atoms with van der Waals surface area (Å²) in [5.41, 5.74) is -0.128. The Hall–Kier alpha value is -0.550. The van der Waals surface area contributed by atoms with E-state index in [2.05, 4.69) is 11.4 Å².